The molecule has 3 N–H and O–H groups in total. The fourth-order valence-corrected chi connectivity index (χ4v) is 1.19. The van der Waals surface area contributed by atoms with Crippen LogP contribution in [0.15, 0.2) is 0 Å². The number of amides is 1. The van der Waals surface area contributed by atoms with Crippen LogP contribution in [-0.2, 0) is 9.53 Å². The van der Waals surface area contributed by atoms with Gasteiger partial charge in [-0.05, 0) is 13.8 Å². The molecule has 1 heterocycles. The predicted molar refractivity (Wildman–Crippen MR) is 51.9 cm³/mol. The van der Waals surface area contributed by atoms with Gasteiger partial charge in [0, 0.05) is 13.1 Å². The van der Waals surface area contributed by atoms with Crippen LogP contribution in [0, 0.1) is 0 Å². The van der Waals surface area contributed by atoms with Crippen LogP contribution in [0.3, 0.4) is 0 Å². The van der Waals surface area contributed by atoms with Gasteiger partial charge >= 0.3 is 0 Å². The third-order valence-electron chi connectivity index (χ3n) is 2.08. The number of hydrogen-bond donors (Lipinski definition) is 3. The van der Waals surface area contributed by atoms with E-state index in [-0.39, 0.29) is 12.5 Å². The molecule has 1 aliphatic heterocycles. The highest BCUT2D eigenvalue weighted by Gasteiger charge is 2.26. The van der Waals surface area contributed by atoms with E-state index in [1.807, 2.05) is 0 Å². The summed E-state index contributed by atoms with van der Waals surface area (Å²) in [4.78, 5) is 11.6. The smallest absolute Gasteiger partial charge is 0.250 e. The molecule has 1 fully saturated rings. The number of morpholine rings is 1. The fraction of sp³-hybridized carbons (Fsp3) is 0.889. The van der Waals surface area contributed by atoms with Gasteiger partial charge in [0.2, 0.25) is 0 Å². The average Bonchev–Trinajstić information content (AvgIpc) is 2.19. The van der Waals surface area contributed by atoms with E-state index >= 15 is 0 Å². The highest BCUT2D eigenvalue weighted by Crippen LogP contribution is 2.03. The Morgan fingerprint density at radius 2 is 2.43 bits per heavy atom. The molecular weight excluding hydrogens is 184 g/mol. The van der Waals surface area contributed by atoms with Gasteiger partial charge in [-0.15, -0.1) is 0 Å². The molecule has 1 aliphatic rings. The van der Waals surface area contributed by atoms with E-state index in [0.717, 1.165) is 6.54 Å². The van der Waals surface area contributed by atoms with Crippen molar-refractivity contribution >= 4 is 5.91 Å². The molecule has 0 aromatic rings. The molecule has 0 aromatic heterocycles. The lowest BCUT2D eigenvalue weighted by Crippen LogP contribution is -2.54. The highest BCUT2D eigenvalue weighted by atomic mass is 16.5. The molecule has 0 aromatic carbocycles. The van der Waals surface area contributed by atoms with E-state index in [9.17, 15) is 4.79 Å². The minimum absolute atomic E-state index is 0.0844. The van der Waals surface area contributed by atoms with Crippen molar-refractivity contribution in [1.82, 2.24) is 10.6 Å². The van der Waals surface area contributed by atoms with Gasteiger partial charge in [0.25, 0.3) is 5.91 Å². The van der Waals surface area contributed by atoms with Crippen LogP contribution in [0.2, 0.25) is 0 Å². The highest BCUT2D eigenvalue weighted by molar-refractivity contribution is 5.81. The Bertz CT molecular complexity index is 200. The van der Waals surface area contributed by atoms with Crippen LogP contribution < -0.4 is 10.6 Å². The minimum atomic E-state index is -0.585. The number of carbonyl (C=O) groups excluding carboxylic acids is 1. The van der Waals surface area contributed by atoms with E-state index in [4.69, 9.17) is 9.84 Å². The zero-order chi connectivity index (χ0) is 10.6. The number of hydrogen-bond acceptors (Lipinski definition) is 4. The second-order valence-electron chi connectivity index (χ2n) is 4.09. The van der Waals surface area contributed by atoms with E-state index in [0.29, 0.717) is 13.2 Å². The molecule has 1 amide bonds. The van der Waals surface area contributed by atoms with Crippen LogP contribution in [-0.4, -0.2) is 49.0 Å². The van der Waals surface area contributed by atoms with Crippen LogP contribution in [0.25, 0.3) is 0 Å². The van der Waals surface area contributed by atoms with Gasteiger partial charge in [-0.3, -0.25) is 4.79 Å². The minimum Gasteiger partial charge on any atom is -0.394 e. The first-order chi connectivity index (χ1) is 6.55. The summed E-state index contributed by atoms with van der Waals surface area (Å²) in [6.45, 7) is 5.32. The zero-order valence-corrected chi connectivity index (χ0v) is 8.67. The predicted octanol–water partition coefficient (Wildman–Crippen LogP) is -1.14. The third kappa shape index (κ3) is 3.25. The Balaban J connectivity index is 2.40. The van der Waals surface area contributed by atoms with Crippen molar-refractivity contribution in [2.45, 2.75) is 25.5 Å². The fourth-order valence-electron chi connectivity index (χ4n) is 1.19. The Morgan fingerprint density at radius 1 is 1.71 bits per heavy atom. The lowest BCUT2D eigenvalue weighted by atomic mass is 10.1. The molecule has 14 heavy (non-hydrogen) atoms. The summed E-state index contributed by atoms with van der Waals surface area (Å²) in [5.41, 5.74) is -0.585. The first-order valence-corrected chi connectivity index (χ1v) is 4.80. The molecule has 1 saturated heterocycles. The number of ether oxygens (including phenoxy) is 1. The maximum absolute atomic E-state index is 11.6. The maximum Gasteiger partial charge on any atom is 0.250 e. The standard InChI is InChI=1S/C9H18N2O3/c1-9(2,6-12)11-8(13)7-5-10-3-4-14-7/h7,10,12H,3-6H2,1-2H3,(H,11,13). The van der Waals surface area contributed by atoms with Crippen molar-refractivity contribution in [1.29, 1.82) is 0 Å². The molecule has 5 heteroatoms. The SMILES string of the molecule is CC(C)(CO)NC(=O)C1CNCCO1. The summed E-state index contributed by atoms with van der Waals surface area (Å²) in [7, 11) is 0. The molecule has 0 saturated carbocycles. The second-order valence-corrected chi connectivity index (χ2v) is 4.09. The van der Waals surface area contributed by atoms with E-state index in [1.165, 1.54) is 0 Å². The largest absolute Gasteiger partial charge is 0.394 e. The van der Waals surface area contributed by atoms with Gasteiger partial charge in [-0.25, -0.2) is 0 Å². The molecule has 5 nitrogen and oxygen atoms in total. The number of rotatable bonds is 3. The van der Waals surface area contributed by atoms with E-state index in [1.54, 1.807) is 13.8 Å². The van der Waals surface area contributed by atoms with Crippen molar-refractivity contribution in [3.05, 3.63) is 0 Å². The molecule has 0 radical (unpaired) electrons. The van der Waals surface area contributed by atoms with Gasteiger partial charge in [0.1, 0.15) is 6.10 Å². The van der Waals surface area contributed by atoms with Gasteiger partial charge in [-0.1, -0.05) is 0 Å². The molecule has 0 spiro atoms. The van der Waals surface area contributed by atoms with E-state index < -0.39 is 11.6 Å². The Hall–Kier alpha value is -0.650. The quantitative estimate of drug-likeness (QED) is 0.541. The Morgan fingerprint density at radius 3 is 2.93 bits per heavy atom. The van der Waals surface area contributed by atoms with Crippen molar-refractivity contribution in [3.8, 4) is 0 Å². The summed E-state index contributed by atoms with van der Waals surface area (Å²) < 4.78 is 5.27. The van der Waals surface area contributed by atoms with Crippen molar-refractivity contribution in [3.63, 3.8) is 0 Å². The number of aliphatic hydroxyl groups is 1. The van der Waals surface area contributed by atoms with Crippen LogP contribution in [0.5, 0.6) is 0 Å². The Kier molecular flexibility index (Phi) is 3.86. The van der Waals surface area contributed by atoms with Gasteiger partial charge in [0.15, 0.2) is 0 Å². The van der Waals surface area contributed by atoms with E-state index in [2.05, 4.69) is 10.6 Å². The van der Waals surface area contributed by atoms with Crippen LogP contribution >= 0.6 is 0 Å². The van der Waals surface area contributed by atoms with Gasteiger partial charge in [-0.2, -0.15) is 0 Å². The summed E-state index contributed by atoms with van der Waals surface area (Å²) >= 11 is 0. The van der Waals surface area contributed by atoms with Crippen LogP contribution in [0.4, 0.5) is 0 Å². The maximum atomic E-state index is 11.6. The topological polar surface area (TPSA) is 70.6 Å². The lowest BCUT2D eigenvalue weighted by Gasteiger charge is -2.28. The number of carbonyl (C=O) groups is 1. The molecular formula is C9H18N2O3. The summed E-state index contributed by atoms with van der Waals surface area (Å²) in [6.07, 6.45) is -0.436. The first kappa shape index (κ1) is 11.4. The molecule has 0 bridgehead atoms. The molecule has 0 aliphatic carbocycles. The van der Waals surface area contributed by atoms with Gasteiger partial charge < -0.3 is 20.5 Å². The first-order valence-electron chi connectivity index (χ1n) is 4.80. The van der Waals surface area contributed by atoms with Gasteiger partial charge in [0.05, 0.1) is 18.8 Å². The average molecular weight is 202 g/mol. The number of aliphatic hydroxyl groups excluding tert-OH is 1. The zero-order valence-electron chi connectivity index (χ0n) is 8.67. The van der Waals surface area contributed by atoms with Crippen molar-refractivity contribution < 1.29 is 14.6 Å². The Labute approximate surface area is 83.8 Å². The van der Waals surface area contributed by atoms with Crippen molar-refractivity contribution in [2.75, 3.05) is 26.3 Å². The normalized spacial score (nSPS) is 23.2. The molecule has 1 unspecified atom stereocenters. The lowest BCUT2D eigenvalue weighted by molar-refractivity contribution is -0.136. The summed E-state index contributed by atoms with van der Waals surface area (Å²) in [5, 5.41) is 14.8. The third-order valence-corrected chi connectivity index (χ3v) is 2.08. The monoisotopic (exact) mass is 202 g/mol. The molecule has 1 atom stereocenters. The molecule has 1 rings (SSSR count). The summed E-state index contributed by atoms with van der Waals surface area (Å²) in [5.74, 6) is -0.170. The second kappa shape index (κ2) is 4.72. The van der Waals surface area contributed by atoms with Crippen LogP contribution in [0.1, 0.15) is 13.8 Å². The van der Waals surface area contributed by atoms with Crippen molar-refractivity contribution in [2.24, 2.45) is 0 Å². The number of nitrogens with one attached hydrogen (secondary N) is 2. The molecule has 82 valence electrons. The summed E-state index contributed by atoms with van der Waals surface area (Å²) in [6, 6.07) is 0.